The molecule has 5 heteroatoms. The second-order valence-electron chi connectivity index (χ2n) is 5.25. The molecule has 0 radical (unpaired) electrons. The van der Waals surface area contributed by atoms with Crippen molar-refractivity contribution in [3.8, 4) is 6.19 Å². The van der Waals surface area contributed by atoms with E-state index in [1.807, 2.05) is 18.3 Å². The van der Waals surface area contributed by atoms with Crippen LogP contribution in [0.3, 0.4) is 0 Å². The first kappa shape index (κ1) is 16.0. The molecule has 2 N–H and O–H groups in total. The number of aliphatic imine (C=N–C) groups is 1. The van der Waals surface area contributed by atoms with Gasteiger partial charge in [0.15, 0.2) is 6.19 Å². The van der Waals surface area contributed by atoms with Crippen molar-refractivity contribution in [1.82, 2.24) is 10.3 Å². The van der Waals surface area contributed by atoms with Gasteiger partial charge >= 0.3 is 0 Å². The van der Waals surface area contributed by atoms with Crippen LogP contribution < -0.4 is 10.6 Å². The Morgan fingerprint density at radius 2 is 2.00 bits per heavy atom. The van der Waals surface area contributed by atoms with E-state index in [-0.39, 0.29) is 6.04 Å². The third-order valence-electron chi connectivity index (χ3n) is 2.87. The molecule has 0 aromatic carbocycles. The average molecular weight is 273 g/mol. The fraction of sp³-hybridized carbons (Fsp3) is 0.533. The average Bonchev–Trinajstić information content (AvgIpc) is 2.39. The standard InChI is InChI=1S/C15H23N5/c1-12(2)5-4-6-13(3)19-15(18-11-16)20-14-7-9-17-10-8-14/h7-10,12-13H,4-6H2,1-3H3,(H2,17,18,19,20)/t13-/m1/s1. The molecule has 1 aromatic rings. The number of hydrogen-bond donors (Lipinski definition) is 2. The maximum atomic E-state index is 8.78. The van der Waals surface area contributed by atoms with Gasteiger partial charge in [0.05, 0.1) is 6.04 Å². The van der Waals surface area contributed by atoms with Gasteiger partial charge in [-0.3, -0.25) is 10.3 Å². The molecule has 0 saturated carbocycles. The Morgan fingerprint density at radius 3 is 2.60 bits per heavy atom. The van der Waals surface area contributed by atoms with Crippen LogP contribution >= 0.6 is 0 Å². The zero-order valence-electron chi connectivity index (χ0n) is 12.4. The Hall–Kier alpha value is -2.09. The minimum absolute atomic E-state index is 0.180. The fourth-order valence-electron chi connectivity index (χ4n) is 1.83. The minimum atomic E-state index is 0.180. The Balaban J connectivity index is 2.56. The van der Waals surface area contributed by atoms with Crippen molar-refractivity contribution in [2.45, 2.75) is 46.1 Å². The molecule has 0 amide bonds. The van der Waals surface area contributed by atoms with Crippen molar-refractivity contribution in [3.05, 3.63) is 24.5 Å². The van der Waals surface area contributed by atoms with Gasteiger partial charge in [-0.2, -0.15) is 5.26 Å². The first-order chi connectivity index (χ1) is 9.61. The number of anilines is 1. The molecule has 108 valence electrons. The zero-order valence-corrected chi connectivity index (χ0v) is 12.4. The molecule has 0 fully saturated rings. The van der Waals surface area contributed by atoms with E-state index in [0.29, 0.717) is 5.96 Å². The SMILES string of the molecule is CC(C)CCC[C@@H](C)N=C(NC#N)Nc1ccncc1. The number of hydrogen-bond acceptors (Lipinski definition) is 3. The van der Waals surface area contributed by atoms with Crippen LogP contribution in [-0.4, -0.2) is 17.0 Å². The maximum absolute atomic E-state index is 8.78. The van der Waals surface area contributed by atoms with Crippen LogP contribution in [0, 0.1) is 17.4 Å². The van der Waals surface area contributed by atoms with Crippen molar-refractivity contribution >= 4 is 11.6 Å². The summed E-state index contributed by atoms with van der Waals surface area (Å²) in [4.78, 5) is 8.46. The maximum Gasteiger partial charge on any atom is 0.209 e. The molecule has 20 heavy (non-hydrogen) atoms. The molecule has 1 aromatic heterocycles. The number of guanidine groups is 1. The highest BCUT2D eigenvalue weighted by atomic mass is 15.2. The Labute approximate surface area is 121 Å². The third kappa shape index (κ3) is 6.74. The zero-order chi connectivity index (χ0) is 14.8. The normalized spacial score (nSPS) is 12.8. The van der Waals surface area contributed by atoms with Crippen molar-refractivity contribution in [2.24, 2.45) is 10.9 Å². The number of nitrogens with one attached hydrogen (secondary N) is 2. The molecule has 1 heterocycles. The lowest BCUT2D eigenvalue weighted by molar-refractivity contribution is 0.511. The molecular weight excluding hydrogens is 250 g/mol. The molecule has 0 saturated heterocycles. The third-order valence-corrected chi connectivity index (χ3v) is 2.87. The fourth-order valence-corrected chi connectivity index (χ4v) is 1.83. The van der Waals surface area contributed by atoms with Gasteiger partial charge in [0, 0.05) is 18.1 Å². The van der Waals surface area contributed by atoms with Crippen molar-refractivity contribution in [1.29, 1.82) is 5.26 Å². The number of rotatable bonds is 6. The molecule has 0 unspecified atom stereocenters. The first-order valence-electron chi connectivity index (χ1n) is 7.01. The van der Waals surface area contributed by atoms with Gasteiger partial charge in [-0.1, -0.05) is 26.7 Å². The quantitative estimate of drug-likeness (QED) is 0.361. The van der Waals surface area contributed by atoms with Crippen molar-refractivity contribution in [3.63, 3.8) is 0 Å². The topological polar surface area (TPSA) is 73.1 Å². The molecule has 5 nitrogen and oxygen atoms in total. The van der Waals surface area contributed by atoms with Gasteiger partial charge in [0.25, 0.3) is 0 Å². The second-order valence-corrected chi connectivity index (χ2v) is 5.25. The molecule has 1 atom stereocenters. The lowest BCUT2D eigenvalue weighted by Crippen LogP contribution is -2.28. The van der Waals surface area contributed by atoms with Crippen LogP contribution in [0.15, 0.2) is 29.5 Å². The lowest BCUT2D eigenvalue weighted by Gasteiger charge is -2.12. The summed E-state index contributed by atoms with van der Waals surface area (Å²) in [5.41, 5.74) is 0.857. The first-order valence-corrected chi connectivity index (χ1v) is 7.01. The predicted molar refractivity (Wildman–Crippen MR) is 82.2 cm³/mol. The van der Waals surface area contributed by atoms with E-state index < -0.39 is 0 Å². The van der Waals surface area contributed by atoms with Crippen LogP contribution in [0.25, 0.3) is 0 Å². The van der Waals surface area contributed by atoms with Crippen LogP contribution in [0.2, 0.25) is 0 Å². The van der Waals surface area contributed by atoms with E-state index in [4.69, 9.17) is 5.26 Å². The summed E-state index contributed by atoms with van der Waals surface area (Å²) in [7, 11) is 0. The predicted octanol–water partition coefficient (Wildman–Crippen LogP) is 3.13. The summed E-state index contributed by atoms with van der Waals surface area (Å²) in [5, 5.41) is 14.5. The van der Waals surface area contributed by atoms with E-state index in [2.05, 4.69) is 41.4 Å². The Bertz CT molecular complexity index is 447. The molecule has 0 spiro atoms. The van der Waals surface area contributed by atoms with Crippen molar-refractivity contribution in [2.75, 3.05) is 5.32 Å². The van der Waals surface area contributed by atoms with E-state index in [1.165, 1.54) is 6.42 Å². The van der Waals surface area contributed by atoms with E-state index in [1.54, 1.807) is 12.4 Å². The number of nitriles is 1. The van der Waals surface area contributed by atoms with Crippen LogP contribution in [0.4, 0.5) is 5.69 Å². The Morgan fingerprint density at radius 1 is 1.30 bits per heavy atom. The molecular formula is C15H23N5. The van der Waals surface area contributed by atoms with Crippen LogP contribution in [0.5, 0.6) is 0 Å². The monoisotopic (exact) mass is 273 g/mol. The molecule has 0 aliphatic heterocycles. The van der Waals surface area contributed by atoms with E-state index >= 15 is 0 Å². The highest BCUT2D eigenvalue weighted by molar-refractivity contribution is 5.94. The van der Waals surface area contributed by atoms with Crippen LogP contribution in [0.1, 0.15) is 40.0 Å². The number of pyridine rings is 1. The summed E-state index contributed by atoms with van der Waals surface area (Å²) < 4.78 is 0. The molecule has 0 aliphatic carbocycles. The second kappa shape index (κ2) is 8.92. The van der Waals surface area contributed by atoms with Gasteiger partial charge in [-0.25, -0.2) is 4.99 Å². The van der Waals surface area contributed by atoms with Gasteiger partial charge in [-0.05, 0) is 31.4 Å². The van der Waals surface area contributed by atoms with E-state index in [0.717, 1.165) is 24.4 Å². The summed E-state index contributed by atoms with van der Waals surface area (Å²) in [6.45, 7) is 6.51. The number of nitrogens with zero attached hydrogens (tertiary/aromatic N) is 3. The smallest absolute Gasteiger partial charge is 0.209 e. The highest BCUT2D eigenvalue weighted by Gasteiger charge is 2.05. The molecule has 1 rings (SSSR count). The Kier molecular flexibility index (Phi) is 7.12. The van der Waals surface area contributed by atoms with E-state index in [9.17, 15) is 0 Å². The molecule has 0 bridgehead atoms. The summed E-state index contributed by atoms with van der Waals surface area (Å²) in [6.07, 6.45) is 8.67. The lowest BCUT2D eigenvalue weighted by atomic mass is 10.0. The summed E-state index contributed by atoms with van der Waals surface area (Å²) in [5.74, 6) is 1.20. The van der Waals surface area contributed by atoms with Gasteiger partial charge < -0.3 is 5.32 Å². The van der Waals surface area contributed by atoms with Gasteiger partial charge in [-0.15, -0.1) is 0 Å². The summed E-state index contributed by atoms with van der Waals surface area (Å²) in [6, 6.07) is 3.84. The van der Waals surface area contributed by atoms with Crippen LogP contribution in [-0.2, 0) is 0 Å². The van der Waals surface area contributed by atoms with Gasteiger partial charge in [0.1, 0.15) is 0 Å². The highest BCUT2D eigenvalue weighted by Crippen LogP contribution is 2.10. The molecule has 0 aliphatic rings. The minimum Gasteiger partial charge on any atom is -0.325 e. The van der Waals surface area contributed by atoms with Gasteiger partial charge in [0.2, 0.25) is 5.96 Å². The summed E-state index contributed by atoms with van der Waals surface area (Å²) >= 11 is 0. The van der Waals surface area contributed by atoms with Crippen molar-refractivity contribution < 1.29 is 0 Å². The number of aromatic nitrogens is 1. The largest absolute Gasteiger partial charge is 0.325 e.